The molecule has 0 amide bonds. The minimum atomic E-state index is -3.64. The maximum Gasteiger partial charge on any atom is 0.338 e. The largest absolute Gasteiger partial charge is 0.454 e. The highest BCUT2D eigenvalue weighted by Crippen LogP contribution is 2.19. The summed E-state index contributed by atoms with van der Waals surface area (Å²) in [6.07, 6.45) is 0. The van der Waals surface area contributed by atoms with E-state index in [2.05, 4.69) is 20.3 Å². The Hall–Kier alpha value is -3.61. The zero-order valence-corrected chi connectivity index (χ0v) is 19.3. The van der Waals surface area contributed by atoms with Crippen molar-refractivity contribution < 1.29 is 22.7 Å². The molecule has 4 rings (SSSR count). The van der Waals surface area contributed by atoms with Crippen molar-refractivity contribution in [3.05, 3.63) is 65.5 Å². The van der Waals surface area contributed by atoms with Crippen LogP contribution in [0.15, 0.2) is 53.4 Å². The van der Waals surface area contributed by atoms with E-state index >= 15 is 0 Å². The maximum absolute atomic E-state index is 12.7. The normalized spacial score (nSPS) is 14.5. The number of hydrogen-bond donors (Lipinski definition) is 2. The third-order valence-corrected chi connectivity index (χ3v) is 7.03. The number of nitrogens with two attached hydrogens (primary N) is 1. The van der Waals surface area contributed by atoms with Gasteiger partial charge in [0.2, 0.25) is 21.9 Å². The quantitative estimate of drug-likeness (QED) is 0.476. The van der Waals surface area contributed by atoms with Gasteiger partial charge in [-0.2, -0.15) is 19.3 Å². The minimum absolute atomic E-state index is 0.0187. The summed E-state index contributed by atoms with van der Waals surface area (Å²) < 4.78 is 37.3. The second-order valence-corrected chi connectivity index (χ2v) is 9.43. The number of carbonyl (C=O) groups is 1. The molecule has 3 aromatic rings. The molecule has 0 atom stereocenters. The molecule has 12 heteroatoms. The summed E-state index contributed by atoms with van der Waals surface area (Å²) in [5.74, 6) is -0.272. The van der Waals surface area contributed by atoms with Crippen molar-refractivity contribution in [2.45, 2.75) is 18.4 Å². The number of nitrogen functional groups attached to an aromatic ring is 1. The first-order chi connectivity index (χ1) is 16.3. The van der Waals surface area contributed by atoms with Crippen molar-refractivity contribution in [1.29, 1.82) is 0 Å². The molecule has 0 unspecified atom stereocenters. The molecule has 2 aromatic carbocycles. The van der Waals surface area contributed by atoms with Crippen LogP contribution < -0.4 is 11.1 Å². The fourth-order valence-electron chi connectivity index (χ4n) is 3.30. The average molecular weight is 485 g/mol. The van der Waals surface area contributed by atoms with Crippen LogP contribution in [0.3, 0.4) is 0 Å². The summed E-state index contributed by atoms with van der Waals surface area (Å²) >= 11 is 0. The molecule has 0 saturated carbocycles. The van der Waals surface area contributed by atoms with Crippen molar-refractivity contribution in [2.75, 3.05) is 37.4 Å². The van der Waals surface area contributed by atoms with Gasteiger partial charge in [0.15, 0.2) is 12.4 Å². The topological polar surface area (TPSA) is 150 Å². The smallest absolute Gasteiger partial charge is 0.338 e. The van der Waals surface area contributed by atoms with Gasteiger partial charge in [-0.05, 0) is 42.8 Å². The Labute approximate surface area is 197 Å². The predicted octanol–water partition coefficient (Wildman–Crippen LogP) is 1.88. The van der Waals surface area contributed by atoms with E-state index in [1.54, 1.807) is 0 Å². The van der Waals surface area contributed by atoms with Crippen LogP contribution in [0.5, 0.6) is 0 Å². The van der Waals surface area contributed by atoms with Gasteiger partial charge in [0.1, 0.15) is 0 Å². The lowest BCUT2D eigenvalue weighted by Gasteiger charge is -2.26. The molecular weight excluding hydrogens is 460 g/mol. The number of para-hydroxylation sites is 1. The van der Waals surface area contributed by atoms with E-state index in [4.69, 9.17) is 15.2 Å². The number of aryl methyl sites for hydroxylation is 1. The Bertz CT molecular complexity index is 1280. The van der Waals surface area contributed by atoms with E-state index in [1.807, 2.05) is 31.2 Å². The molecule has 2 heterocycles. The molecule has 0 bridgehead atoms. The van der Waals surface area contributed by atoms with E-state index in [0.29, 0.717) is 26.3 Å². The van der Waals surface area contributed by atoms with Crippen molar-refractivity contribution in [2.24, 2.45) is 0 Å². The summed E-state index contributed by atoms with van der Waals surface area (Å²) in [6.45, 7) is 3.00. The molecule has 0 aliphatic carbocycles. The molecular formula is C22H24N6O5S. The van der Waals surface area contributed by atoms with Gasteiger partial charge in [-0.25, -0.2) is 13.2 Å². The molecule has 1 aliphatic heterocycles. The van der Waals surface area contributed by atoms with Gasteiger partial charge in [-0.15, -0.1) is 0 Å². The van der Waals surface area contributed by atoms with Crippen LogP contribution in [-0.2, 0) is 26.1 Å². The highest BCUT2D eigenvalue weighted by Gasteiger charge is 2.26. The first-order valence-corrected chi connectivity index (χ1v) is 11.9. The number of nitrogens with zero attached hydrogens (tertiary/aromatic N) is 4. The number of anilines is 3. The van der Waals surface area contributed by atoms with Crippen LogP contribution in [0, 0.1) is 6.92 Å². The van der Waals surface area contributed by atoms with Gasteiger partial charge in [-0.3, -0.25) is 0 Å². The molecule has 1 saturated heterocycles. The standard InChI is InChI=1S/C22H24N6O5S/c1-15-4-2-3-5-18(15)24-22-26-19(25-21(23)27-22)14-33-20(29)16-6-8-17(9-7-16)34(30,31)28-10-12-32-13-11-28/h2-9H,10-14H2,1H3,(H3,23,24,25,26,27). The molecule has 11 nitrogen and oxygen atoms in total. The first kappa shape index (κ1) is 23.5. The van der Waals surface area contributed by atoms with Crippen molar-refractivity contribution in [1.82, 2.24) is 19.3 Å². The number of aromatic nitrogens is 3. The number of nitrogens with one attached hydrogen (secondary N) is 1. The third-order valence-electron chi connectivity index (χ3n) is 5.12. The fraction of sp³-hybridized carbons (Fsp3) is 0.273. The number of sulfonamides is 1. The fourth-order valence-corrected chi connectivity index (χ4v) is 4.71. The highest BCUT2D eigenvalue weighted by molar-refractivity contribution is 7.89. The van der Waals surface area contributed by atoms with Gasteiger partial charge in [0, 0.05) is 18.8 Å². The summed E-state index contributed by atoms with van der Waals surface area (Å²) in [7, 11) is -3.64. The van der Waals surface area contributed by atoms with Gasteiger partial charge in [0.05, 0.1) is 23.7 Å². The second-order valence-electron chi connectivity index (χ2n) is 7.49. The summed E-state index contributed by atoms with van der Waals surface area (Å²) in [5, 5.41) is 3.07. The molecule has 1 fully saturated rings. The predicted molar refractivity (Wildman–Crippen MR) is 124 cm³/mol. The maximum atomic E-state index is 12.7. The number of hydrogen-bond acceptors (Lipinski definition) is 10. The highest BCUT2D eigenvalue weighted by atomic mass is 32.2. The van der Waals surface area contributed by atoms with Crippen LogP contribution in [0.1, 0.15) is 21.7 Å². The van der Waals surface area contributed by atoms with E-state index in [9.17, 15) is 13.2 Å². The van der Waals surface area contributed by atoms with Gasteiger partial charge in [0.25, 0.3) is 0 Å². The number of esters is 1. The zero-order chi connectivity index (χ0) is 24.1. The molecule has 0 radical (unpaired) electrons. The number of ether oxygens (including phenoxy) is 2. The summed E-state index contributed by atoms with van der Waals surface area (Å²) in [4.78, 5) is 24.9. The molecule has 0 spiro atoms. The Morgan fingerprint density at radius 3 is 2.50 bits per heavy atom. The number of benzene rings is 2. The van der Waals surface area contributed by atoms with Crippen molar-refractivity contribution in [3.63, 3.8) is 0 Å². The van der Waals surface area contributed by atoms with Gasteiger partial charge in [-0.1, -0.05) is 18.2 Å². The van der Waals surface area contributed by atoms with Crippen LogP contribution in [-0.4, -0.2) is 59.9 Å². The zero-order valence-electron chi connectivity index (χ0n) is 18.5. The minimum Gasteiger partial charge on any atom is -0.454 e. The van der Waals surface area contributed by atoms with E-state index in [1.165, 1.54) is 28.6 Å². The number of carbonyl (C=O) groups excluding carboxylic acids is 1. The summed E-state index contributed by atoms with van der Waals surface area (Å²) in [6, 6.07) is 13.2. The van der Waals surface area contributed by atoms with E-state index in [-0.39, 0.29) is 34.8 Å². The van der Waals surface area contributed by atoms with Crippen LogP contribution in [0.2, 0.25) is 0 Å². The SMILES string of the molecule is Cc1ccccc1Nc1nc(N)nc(COC(=O)c2ccc(S(=O)(=O)N3CCOCC3)cc2)n1. The molecule has 178 valence electrons. The van der Waals surface area contributed by atoms with Crippen LogP contribution in [0.4, 0.5) is 17.6 Å². The Balaban J connectivity index is 1.41. The van der Waals surface area contributed by atoms with Crippen LogP contribution in [0.25, 0.3) is 0 Å². The molecule has 1 aromatic heterocycles. The van der Waals surface area contributed by atoms with Gasteiger partial charge >= 0.3 is 5.97 Å². The Morgan fingerprint density at radius 1 is 1.09 bits per heavy atom. The average Bonchev–Trinajstić information content (AvgIpc) is 2.84. The first-order valence-electron chi connectivity index (χ1n) is 10.5. The monoisotopic (exact) mass is 484 g/mol. The lowest BCUT2D eigenvalue weighted by molar-refractivity contribution is 0.0462. The molecule has 34 heavy (non-hydrogen) atoms. The molecule has 3 N–H and O–H groups in total. The van der Waals surface area contributed by atoms with Crippen molar-refractivity contribution >= 4 is 33.6 Å². The van der Waals surface area contributed by atoms with E-state index in [0.717, 1.165) is 11.3 Å². The second kappa shape index (κ2) is 10.1. The lowest BCUT2D eigenvalue weighted by atomic mass is 10.2. The van der Waals surface area contributed by atoms with Crippen LogP contribution >= 0.6 is 0 Å². The van der Waals surface area contributed by atoms with E-state index < -0.39 is 16.0 Å². The van der Waals surface area contributed by atoms with Gasteiger partial charge < -0.3 is 20.5 Å². The Kier molecular flexibility index (Phi) is 7.01. The molecule has 1 aliphatic rings. The third kappa shape index (κ3) is 5.47. The number of morpholine rings is 1. The Morgan fingerprint density at radius 2 is 1.79 bits per heavy atom. The van der Waals surface area contributed by atoms with Crippen molar-refractivity contribution in [3.8, 4) is 0 Å². The summed E-state index contributed by atoms with van der Waals surface area (Å²) in [5.41, 5.74) is 7.77. The number of rotatable bonds is 7. The lowest BCUT2D eigenvalue weighted by Crippen LogP contribution is -2.40.